The van der Waals surface area contributed by atoms with E-state index in [2.05, 4.69) is 78.8 Å². The molecule has 0 radical (unpaired) electrons. The normalized spacial score (nSPS) is 45.6. The minimum absolute atomic E-state index is 0.000231. The molecule has 14 atom stereocenters. The molecule has 0 aromatic rings. The van der Waals surface area contributed by atoms with Crippen LogP contribution in [0.5, 0.6) is 0 Å². The van der Waals surface area contributed by atoms with Crippen molar-refractivity contribution < 1.29 is 136 Å². The lowest BCUT2D eigenvalue weighted by atomic mass is 9.39. The number of ether oxygens (including phenoxy) is 10. The molecule has 28 heteroatoms. The lowest BCUT2D eigenvalue weighted by molar-refractivity contribution is -0.290. The largest absolute Gasteiger partial charge is 0.456 e. The Morgan fingerprint density at radius 3 is 0.813 bits per heavy atom. The van der Waals surface area contributed by atoms with Gasteiger partial charge in [0.2, 0.25) is 0 Å². The SMILES string of the molecule is C=C(C)C(=O)OC12CC3(C)CC(C)(CC(O)(C3)C1C)C2.C=C(C)C(=O)OCC(=O)OC12CC3CC(CC(O)(C3)C1)C2.C=C(C)C(=O)OCC(=O)OC12CC3CC(O)(CC(O)(C3)C1)C2.C=CC(=O)OC12CC3(C)CC(C)(CC(O)(C3)C1C)C2.C=CC(=O)OCC(=O)OC12CC3CC(CC(O)(C3)C1)C2.C=CC(=O)OCC(=O)OC12CC3CC(O)(CC(O)(C3)C1)C2. The smallest absolute Gasteiger partial charge is 0.344 e. The van der Waals surface area contributed by atoms with E-state index in [1.165, 1.54) is 19.9 Å². The van der Waals surface area contributed by atoms with Crippen LogP contribution in [-0.2, 0) is 95.3 Å². The first kappa shape index (κ1) is 93.5. The van der Waals surface area contributed by atoms with E-state index in [9.17, 15) is 88.8 Å². The van der Waals surface area contributed by atoms with E-state index < -0.39 is 139 Å². The van der Waals surface area contributed by atoms with Crippen molar-refractivity contribution in [3.63, 3.8) is 0 Å². The lowest BCUT2D eigenvalue weighted by Gasteiger charge is -2.69. The Bertz CT molecular complexity index is 4210. The Morgan fingerprint density at radius 2 is 0.545 bits per heavy atom. The molecule has 0 heterocycles. The molecule has 0 aromatic heterocycles. The highest BCUT2D eigenvalue weighted by Gasteiger charge is 2.74. The summed E-state index contributed by atoms with van der Waals surface area (Å²) in [6.45, 7) is 36.6. The maximum atomic E-state index is 12.1. The first-order valence-electron chi connectivity index (χ1n) is 44.4. The molecule has 8 N–H and O–H groups in total. The summed E-state index contributed by atoms with van der Waals surface area (Å²) in [4.78, 5) is 116. The molecule has 24 rings (SSSR count). The standard InChI is InChI=1S/C17H26O3.C16H22O6.C16H22O5.C16H24O3.C15H20O6.C15H20O5/c1-11(2)13(18)20-17-9-14(4)6-15(5,10-17)8-16(19,7-14)12(17)3;1-10(2)13(18)21-6-12(17)22-16-5-11-3-14(19,8-16)7-15(20,4-11)9-16;1-10(2)14(18)20-8-13(17)21-16-6-11-3-12(7-16)5-15(19,4-11)9-16;1-5-12(17)19-16-9-13(3)6-14(4,10-16)8-15(18,7-13)11(16)2;1-2-11(16)20-6-12(17)21-15-5-10-3-13(18,8-15)7-14(19,4-10)9-15;1-2-12(16)19-8-13(17)20-15-6-10-3-11(7-15)5-14(18,4-10)9-15/h12,19H,1,6-10H2,2-5H3;11,19-20H,1,3-9H2,2H3;11-12,19H,1,3-9H2,2H3;5,11,18H,1,6-10H2,2-4H3;2,10,18-19H,1,3-9H2;2,10-11,18H,1,3-9H2. The molecule has 0 aromatic carbocycles. The number of esters is 10. The second kappa shape index (κ2) is 32.2. The summed E-state index contributed by atoms with van der Waals surface area (Å²) in [6.07, 6.45) is 28.2. The molecule has 24 aliphatic carbocycles. The van der Waals surface area contributed by atoms with Gasteiger partial charge in [-0.05, 0) is 245 Å². The van der Waals surface area contributed by atoms with Crippen molar-refractivity contribution in [2.45, 2.75) is 359 Å². The monoisotopic (exact) mass is 1720 g/mol. The third-order valence-corrected chi connectivity index (χ3v) is 31.4. The number of hydrogen-bond donors (Lipinski definition) is 8. The van der Waals surface area contributed by atoms with Crippen LogP contribution >= 0.6 is 0 Å². The summed E-state index contributed by atoms with van der Waals surface area (Å²) in [5.74, 6) is -3.46. The molecule has 24 aliphatic rings. The van der Waals surface area contributed by atoms with E-state index in [0.29, 0.717) is 119 Å². The maximum Gasteiger partial charge on any atom is 0.344 e. The molecule has 123 heavy (non-hydrogen) atoms. The predicted octanol–water partition coefficient (Wildman–Crippen LogP) is 10.4. The van der Waals surface area contributed by atoms with Crippen molar-refractivity contribution in [2.24, 2.45) is 69.0 Å². The average Bonchev–Trinajstić information content (AvgIpc) is 0.679. The van der Waals surface area contributed by atoms with Crippen LogP contribution in [0.2, 0.25) is 0 Å². The Morgan fingerprint density at radius 1 is 0.293 bits per heavy atom. The first-order valence-corrected chi connectivity index (χ1v) is 44.4. The summed E-state index contributed by atoms with van der Waals surface area (Å²) in [5.41, 5.74) is -9.03. The van der Waals surface area contributed by atoms with Crippen molar-refractivity contribution in [1.82, 2.24) is 0 Å². The van der Waals surface area contributed by atoms with Gasteiger partial charge in [-0.1, -0.05) is 81.0 Å². The van der Waals surface area contributed by atoms with Crippen molar-refractivity contribution in [3.8, 4) is 0 Å². The van der Waals surface area contributed by atoms with Crippen LogP contribution in [0.3, 0.4) is 0 Å². The van der Waals surface area contributed by atoms with Crippen LogP contribution in [0.4, 0.5) is 0 Å². The van der Waals surface area contributed by atoms with Crippen LogP contribution in [0, 0.1) is 69.0 Å². The molecule has 0 aliphatic heterocycles. The van der Waals surface area contributed by atoms with Gasteiger partial charge < -0.3 is 88.2 Å². The van der Waals surface area contributed by atoms with E-state index in [1.54, 1.807) is 6.92 Å². The van der Waals surface area contributed by atoms with E-state index in [4.69, 9.17) is 42.6 Å². The van der Waals surface area contributed by atoms with Crippen LogP contribution in [0.25, 0.3) is 0 Å². The van der Waals surface area contributed by atoms with Gasteiger partial charge >= 0.3 is 59.7 Å². The first-order chi connectivity index (χ1) is 56.8. The third kappa shape index (κ3) is 19.9. The summed E-state index contributed by atoms with van der Waals surface area (Å²) < 4.78 is 53.0. The molecular formula is C95H134O28. The van der Waals surface area contributed by atoms with Crippen molar-refractivity contribution in [3.05, 3.63) is 74.4 Å². The van der Waals surface area contributed by atoms with Crippen LogP contribution < -0.4 is 0 Å². The minimum Gasteiger partial charge on any atom is -0.456 e. The molecule has 0 amide bonds. The van der Waals surface area contributed by atoms with Gasteiger partial charge in [-0.2, -0.15) is 0 Å². The second-order valence-electron chi connectivity index (χ2n) is 44.8. The van der Waals surface area contributed by atoms with Gasteiger partial charge in [-0.3, -0.25) is 0 Å². The average molecular weight is 1720 g/mol. The zero-order valence-corrected chi connectivity index (χ0v) is 73.7. The summed E-state index contributed by atoms with van der Waals surface area (Å²) in [7, 11) is 0. The Labute approximate surface area is 721 Å². The van der Waals surface area contributed by atoms with Crippen molar-refractivity contribution in [1.29, 1.82) is 0 Å². The highest BCUT2D eigenvalue weighted by atomic mass is 16.6. The molecule has 28 nitrogen and oxygen atoms in total. The zero-order chi connectivity index (χ0) is 90.2. The quantitative estimate of drug-likeness (QED) is 0.0319. The fraction of sp³-hybridized carbons (Fsp3) is 0.768. The molecule has 24 saturated carbocycles. The van der Waals surface area contributed by atoms with Gasteiger partial charge in [0.25, 0.3) is 0 Å². The summed E-state index contributed by atoms with van der Waals surface area (Å²) in [6, 6.07) is 0. The lowest BCUT2D eigenvalue weighted by Crippen LogP contribution is -2.71. The summed E-state index contributed by atoms with van der Waals surface area (Å²) >= 11 is 0. The Kier molecular flexibility index (Phi) is 24.5. The summed E-state index contributed by atoms with van der Waals surface area (Å²) in [5, 5.41) is 85.6. The van der Waals surface area contributed by atoms with E-state index in [0.717, 1.165) is 141 Å². The van der Waals surface area contributed by atoms with Crippen LogP contribution in [-0.4, -0.2) is 205 Å². The fourth-order valence-electron chi connectivity index (χ4n) is 31.1. The van der Waals surface area contributed by atoms with Crippen molar-refractivity contribution >= 4 is 59.7 Å². The van der Waals surface area contributed by atoms with Gasteiger partial charge in [0, 0.05) is 98.1 Å². The van der Waals surface area contributed by atoms with Crippen molar-refractivity contribution in [2.75, 3.05) is 26.4 Å². The molecule has 24 fully saturated rings. The van der Waals surface area contributed by atoms with E-state index in [-0.39, 0.29) is 81.6 Å². The minimum atomic E-state index is -0.956. The van der Waals surface area contributed by atoms with Crippen LogP contribution in [0.1, 0.15) is 281 Å². The number of carbonyl (C=O) groups excluding carboxylic acids is 10. The van der Waals surface area contributed by atoms with E-state index in [1.807, 2.05) is 6.92 Å². The molecule has 682 valence electrons. The third-order valence-electron chi connectivity index (χ3n) is 31.4. The predicted molar refractivity (Wildman–Crippen MR) is 440 cm³/mol. The van der Waals surface area contributed by atoms with Gasteiger partial charge in [0.1, 0.15) is 33.6 Å². The molecule has 0 saturated heterocycles. The fourth-order valence-corrected chi connectivity index (χ4v) is 31.1. The topological polar surface area (TPSA) is 425 Å². The van der Waals surface area contributed by atoms with Gasteiger partial charge in [0.05, 0.1) is 44.8 Å². The number of aliphatic hydroxyl groups is 8. The second-order valence-corrected chi connectivity index (χ2v) is 44.8. The highest BCUT2D eigenvalue weighted by Crippen LogP contribution is 2.73. The van der Waals surface area contributed by atoms with Gasteiger partial charge in [-0.25, -0.2) is 47.9 Å². The molecule has 14 unspecified atom stereocenters. The molecular weight excluding hydrogens is 1590 g/mol. The van der Waals surface area contributed by atoms with Crippen LogP contribution in [0.15, 0.2) is 74.4 Å². The highest BCUT2D eigenvalue weighted by molar-refractivity contribution is 5.90. The van der Waals surface area contributed by atoms with Gasteiger partial charge in [0.15, 0.2) is 26.4 Å². The zero-order valence-electron chi connectivity index (χ0n) is 73.7. The Balaban J connectivity index is 0.000000127. The van der Waals surface area contributed by atoms with E-state index >= 15 is 0 Å². The maximum absolute atomic E-state index is 12.1. The molecule has 0 spiro atoms. The number of rotatable bonds is 20. The number of hydrogen-bond acceptors (Lipinski definition) is 28. The van der Waals surface area contributed by atoms with Gasteiger partial charge in [-0.15, -0.1) is 0 Å². The number of carbonyl (C=O) groups is 10. The Hall–Kier alpha value is -7.18. The molecule has 24 bridgehead atoms.